The summed E-state index contributed by atoms with van der Waals surface area (Å²) in [5, 5.41) is 12.8. The lowest BCUT2D eigenvalue weighted by molar-refractivity contribution is -0.137. The minimum absolute atomic E-state index is 0.00965. The molecule has 6 nitrogen and oxygen atoms in total. The fourth-order valence-corrected chi connectivity index (χ4v) is 3.13. The van der Waals surface area contributed by atoms with Gasteiger partial charge in [-0.25, -0.2) is 0 Å². The molecule has 1 aromatic carbocycles. The Hall–Kier alpha value is -2.14. The van der Waals surface area contributed by atoms with Crippen LogP contribution < -0.4 is 10.6 Å². The van der Waals surface area contributed by atoms with Crippen LogP contribution in [-0.2, 0) is 15.8 Å². The molecule has 2 aromatic rings. The third-order valence-electron chi connectivity index (χ3n) is 2.51. The highest BCUT2D eigenvalue weighted by Gasteiger charge is 2.29. The van der Waals surface area contributed by atoms with Crippen molar-refractivity contribution in [1.29, 1.82) is 0 Å². The zero-order valence-electron chi connectivity index (χ0n) is 12.2. The van der Waals surface area contributed by atoms with Crippen LogP contribution >= 0.6 is 23.1 Å². The van der Waals surface area contributed by atoms with Gasteiger partial charge in [0.05, 0.1) is 11.3 Å². The predicted octanol–water partition coefficient (Wildman–Crippen LogP) is 3.25. The molecule has 0 spiro atoms. The van der Waals surface area contributed by atoms with E-state index in [0.29, 0.717) is 9.47 Å². The maximum Gasteiger partial charge on any atom is 0.416 e. The number of benzene rings is 1. The summed E-state index contributed by atoms with van der Waals surface area (Å²) >= 11 is 2.22. The number of carbonyl (C=O) groups excluding carboxylic acids is 2. The molecule has 2 rings (SSSR count). The van der Waals surface area contributed by atoms with Crippen LogP contribution in [0.15, 0.2) is 28.6 Å². The zero-order chi connectivity index (χ0) is 17.7. The minimum Gasteiger partial charge on any atom is -0.325 e. The molecule has 0 unspecified atom stereocenters. The number of thioether (sulfide) groups is 1. The van der Waals surface area contributed by atoms with Gasteiger partial charge in [-0.2, -0.15) is 13.2 Å². The Bertz CT molecular complexity index is 732. The first kappa shape index (κ1) is 18.2. The predicted molar refractivity (Wildman–Crippen MR) is 85.0 cm³/mol. The first-order valence-corrected chi connectivity index (χ1v) is 8.25. The van der Waals surface area contributed by atoms with Crippen LogP contribution in [0, 0.1) is 0 Å². The van der Waals surface area contributed by atoms with Gasteiger partial charge in [0.2, 0.25) is 16.9 Å². The van der Waals surface area contributed by atoms with E-state index in [-0.39, 0.29) is 17.3 Å². The molecule has 11 heteroatoms. The fourth-order valence-electron chi connectivity index (χ4n) is 1.54. The van der Waals surface area contributed by atoms with Gasteiger partial charge in [0.1, 0.15) is 0 Å². The summed E-state index contributed by atoms with van der Waals surface area (Å²) in [5.74, 6) is -0.658. The number of rotatable bonds is 5. The summed E-state index contributed by atoms with van der Waals surface area (Å²) in [4.78, 5) is 22.6. The van der Waals surface area contributed by atoms with Gasteiger partial charge in [0.15, 0.2) is 4.34 Å². The van der Waals surface area contributed by atoms with Gasteiger partial charge in [0, 0.05) is 12.6 Å². The third-order valence-corrected chi connectivity index (χ3v) is 4.48. The van der Waals surface area contributed by atoms with Crippen LogP contribution in [0.2, 0.25) is 0 Å². The van der Waals surface area contributed by atoms with E-state index in [1.54, 1.807) is 0 Å². The van der Waals surface area contributed by atoms with Crippen molar-refractivity contribution in [2.75, 3.05) is 16.4 Å². The summed E-state index contributed by atoms with van der Waals surface area (Å²) < 4.78 is 37.8. The normalized spacial score (nSPS) is 11.2. The van der Waals surface area contributed by atoms with Gasteiger partial charge in [0.25, 0.3) is 0 Å². The molecule has 2 N–H and O–H groups in total. The van der Waals surface area contributed by atoms with Crippen molar-refractivity contribution in [2.45, 2.75) is 17.4 Å². The van der Waals surface area contributed by atoms with Crippen molar-refractivity contribution >= 4 is 45.7 Å². The average molecular weight is 376 g/mol. The van der Waals surface area contributed by atoms with Crippen LogP contribution in [-0.4, -0.2) is 27.8 Å². The van der Waals surface area contributed by atoms with E-state index in [9.17, 15) is 22.8 Å². The van der Waals surface area contributed by atoms with Crippen LogP contribution in [0.25, 0.3) is 0 Å². The Morgan fingerprint density at radius 2 is 1.83 bits per heavy atom. The zero-order valence-corrected chi connectivity index (χ0v) is 13.8. The van der Waals surface area contributed by atoms with Gasteiger partial charge >= 0.3 is 6.18 Å². The smallest absolute Gasteiger partial charge is 0.325 e. The Labute approximate surface area is 142 Å². The number of hydrogen-bond donors (Lipinski definition) is 2. The molecular formula is C13H11F3N4O2S2. The van der Waals surface area contributed by atoms with Crippen LogP contribution in [0.3, 0.4) is 0 Å². The topological polar surface area (TPSA) is 84.0 Å². The van der Waals surface area contributed by atoms with E-state index in [0.717, 1.165) is 35.2 Å². The third kappa shape index (κ3) is 5.49. The number of anilines is 2. The van der Waals surface area contributed by atoms with Gasteiger partial charge in [-0.05, 0) is 24.3 Å². The van der Waals surface area contributed by atoms with E-state index in [2.05, 4.69) is 20.8 Å². The molecule has 24 heavy (non-hydrogen) atoms. The molecule has 0 saturated heterocycles. The Kier molecular flexibility index (Phi) is 5.78. The van der Waals surface area contributed by atoms with E-state index in [1.165, 1.54) is 19.1 Å². The Morgan fingerprint density at radius 3 is 2.42 bits per heavy atom. The molecule has 0 bridgehead atoms. The molecule has 128 valence electrons. The molecule has 0 aliphatic rings. The number of alkyl halides is 3. The van der Waals surface area contributed by atoms with Crippen molar-refractivity contribution < 1.29 is 22.8 Å². The van der Waals surface area contributed by atoms with E-state index < -0.39 is 17.6 Å². The van der Waals surface area contributed by atoms with Gasteiger partial charge in [-0.3, -0.25) is 9.59 Å². The first-order chi connectivity index (χ1) is 11.2. The monoisotopic (exact) mass is 376 g/mol. The number of nitrogens with one attached hydrogen (secondary N) is 2. The Balaban J connectivity index is 1.85. The summed E-state index contributed by atoms with van der Waals surface area (Å²) in [6, 6.07) is 4.16. The lowest BCUT2D eigenvalue weighted by Gasteiger charge is -2.08. The maximum absolute atomic E-state index is 12.4. The highest BCUT2D eigenvalue weighted by atomic mass is 32.2. The molecular weight excluding hydrogens is 365 g/mol. The van der Waals surface area contributed by atoms with Crippen LogP contribution in [0.5, 0.6) is 0 Å². The number of amides is 2. The van der Waals surface area contributed by atoms with Crippen molar-refractivity contribution in [3.8, 4) is 0 Å². The number of carbonyl (C=O) groups is 2. The first-order valence-electron chi connectivity index (χ1n) is 6.45. The van der Waals surface area contributed by atoms with E-state index in [4.69, 9.17) is 0 Å². The van der Waals surface area contributed by atoms with E-state index in [1.807, 2.05) is 0 Å². The van der Waals surface area contributed by atoms with Crippen molar-refractivity contribution in [2.24, 2.45) is 0 Å². The highest BCUT2D eigenvalue weighted by molar-refractivity contribution is 8.01. The molecule has 2 amide bonds. The van der Waals surface area contributed by atoms with Gasteiger partial charge in [-0.1, -0.05) is 23.1 Å². The second-order valence-corrected chi connectivity index (χ2v) is 6.67. The molecule has 1 heterocycles. The molecule has 0 atom stereocenters. The summed E-state index contributed by atoms with van der Waals surface area (Å²) in [5.41, 5.74) is -0.515. The lowest BCUT2D eigenvalue weighted by atomic mass is 10.2. The summed E-state index contributed by atoms with van der Waals surface area (Å²) in [6.07, 6.45) is -4.41. The fraction of sp³-hybridized carbons (Fsp3) is 0.231. The van der Waals surface area contributed by atoms with Crippen LogP contribution in [0.1, 0.15) is 12.5 Å². The summed E-state index contributed by atoms with van der Waals surface area (Å²) in [7, 11) is 0. The standard InChI is InChI=1S/C13H11F3N4O2S2/c1-7(21)17-11-19-20-12(24-11)23-6-10(22)18-9-4-2-8(3-5-9)13(14,15)16/h2-5H,6H2,1H3,(H,18,22)(H,17,19,21). The van der Waals surface area contributed by atoms with Crippen molar-refractivity contribution in [1.82, 2.24) is 10.2 Å². The quantitative estimate of drug-likeness (QED) is 0.618. The molecule has 0 radical (unpaired) electrons. The number of aromatic nitrogens is 2. The SMILES string of the molecule is CC(=O)Nc1nnc(SCC(=O)Nc2ccc(C(F)(F)F)cc2)s1. The summed E-state index contributed by atoms with van der Waals surface area (Å²) in [6.45, 7) is 1.34. The second kappa shape index (κ2) is 7.62. The molecule has 0 aliphatic carbocycles. The minimum atomic E-state index is -4.41. The van der Waals surface area contributed by atoms with Crippen LogP contribution in [0.4, 0.5) is 24.0 Å². The lowest BCUT2D eigenvalue weighted by Crippen LogP contribution is -2.14. The largest absolute Gasteiger partial charge is 0.416 e. The molecule has 1 aromatic heterocycles. The highest BCUT2D eigenvalue weighted by Crippen LogP contribution is 2.30. The Morgan fingerprint density at radius 1 is 1.17 bits per heavy atom. The maximum atomic E-state index is 12.4. The van der Waals surface area contributed by atoms with Gasteiger partial charge in [-0.15, -0.1) is 10.2 Å². The molecule has 0 fully saturated rings. The second-order valence-electron chi connectivity index (χ2n) is 4.47. The average Bonchev–Trinajstić information content (AvgIpc) is 2.91. The number of hydrogen-bond acceptors (Lipinski definition) is 6. The number of halogens is 3. The number of nitrogens with zero attached hydrogens (tertiary/aromatic N) is 2. The van der Waals surface area contributed by atoms with Gasteiger partial charge < -0.3 is 10.6 Å². The molecule has 0 aliphatic heterocycles. The van der Waals surface area contributed by atoms with Crippen molar-refractivity contribution in [3.05, 3.63) is 29.8 Å². The van der Waals surface area contributed by atoms with E-state index >= 15 is 0 Å². The van der Waals surface area contributed by atoms with Crippen molar-refractivity contribution in [3.63, 3.8) is 0 Å². The molecule has 0 saturated carbocycles.